The molecule has 0 aliphatic heterocycles. The second kappa shape index (κ2) is 5.23. The molecule has 0 aliphatic rings. The monoisotopic (exact) mass is 169 g/mol. The fraction of sp³-hybridized carbons (Fsp3) is 0.818. The van der Waals surface area contributed by atoms with Crippen LogP contribution in [-0.4, -0.2) is 6.54 Å². The Bertz CT molecular complexity index is 154. The van der Waals surface area contributed by atoms with E-state index in [1.807, 2.05) is 0 Å². The molecule has 0 atom stereocenters. The molecule has 1 heteroatoms. The third-order valence-electron chi connectivity index (χ3n) is 2.24. The van der Waals surface area contributed by atoms with Crippen LogP contribution in [-0.2, 0) is 0 Å². The fourth-order valence-electron chi connectivity index (χ4n) is 1.30. The molecule has 0 aromatic rings. The van der Waals surface area contributed by atoms with Crippen LogP contribution in [0.3, 0.4) is 0 Å². The number of nitrogens with one attached hydrogen (secondary N) is 1. The molecule has 12 heavy (non-hydrogen) atoms. The third kappa shape index (κ3) is 3.29. The first-order chi connectivity index (χ1) is 5.50. The van der Waals surface area contributed by atoms with Crippen molar-refractivity contribution in [2.24, 2.45) is 11.8 Å². The molecule has 0 saturated carbocycles. The SMILES string of the molecule is CCN/C(=C(\C)C(C)C)C(C)C. The number of hydrogen-bond donors (Lipinski definition) is 1. The van der Waals surface area contributed by atoms with E-state index >= 15 is 0 Å². The third-order valence-corrected chi connectivity index (χ3v) is 2.24. The van der Waals surface area contributed by atoms with Gasteiger partial charge in [-0.3, -0.25) is 0 Å². The molecular weight excluding hydrogens is 146 g/mol. The predicted molar refractivity (Wildman–Crippen MR) is 56.1 cm³/mol. The Morgan fingerprint density at radius 1 is 1.08 bits per heavy atom. The molecule has 0 bridgehead atoms. The van der Waals surface area contributed by atoms with Crippen LogP contribution in [0.4, 0.5) is 0 Å². The van der Waals surface area contributed by atoms with Gasteiger partial charge in [0.2, 0.25) is 0 Å². The standard InChI is InChI=1S/C11H23N/c1-7-12-11(9(4)5)10(6)8(2)3/h8-9,12H,7H2,1-6H3/b11-10+. The van der Waals surface area contributed by atoms with E-state index in [1.165, 1.54) is 11.3 Å². The normalized spacial score (nSPS) is 13.7. The molecule has 0 spiro atoms. The summed E-state index contributed by atoms with van der Waals surface area (Å²) in [7, 11) is 0. The van der Waals surface area contributed by atoms with Gasteiger partial charge in [-0.2, -0.15) is 0 Å². The zero-order valence-corrected chi connectivity index (χ0v) is 9.36. The first-order valence-corrected chi connectivity index (χ1v) is 4.95. The second-order valence-electron chi connectivity index (χ2n) is 3.94. The molecule has 0 aromatic carbocycles. The molecule has 0 fully saturated rings. The molecule has 0 saturated heterocycles. The van der Waals surface area contributed by atoms with Gasteiger partial charge >= 0.3 is 0 Å². The van der Waals surface area contributed by atoms with Crippen LogP contribution >= 0.6 is 0 Å². The van der Waals surface area contributed by atoms with E-state index < -0.39 is 0 Å². The summed E-state index contributed by atoms with van der Waals surface area (Å²) in [5, 5.41) is 3.44. The molecule has 0 unspecified atom stereocenters. The van der Waals surface area contributed by atoms with Crippen molar-refractivity contribution >= 4 is 0 Å². The molecule has 0 radical (unpaired) electrons. The quantitative estimate of drug-likeness (QED) is 0.681. The molecule has 72 valence electrons. The highest BCUT2D eigenvalue weighted by atomic mass is 14.9. The molecule has 0 rings (SSSR count). The summed E-state index contributed by atoms with van der Waals surface area (Å²) >= 11 is 0. The van der Waals surface area contributed by atoms with Crippen LogP contribution in [0.1, 0.15) is 41.5 Å². The molecule has 0 aromatic heterocycles. The van der Waals surface area contributed by atoms with Crippen LogP contribution in [0.2, 0.25) is 0 Å². The zero-order chi connectivity index (χ0) is 9.72. The minimum absolute atomic E-state index is 0.618. The van der Waals surface area contributed by atoms with Gasteiger partial charge in [-0.25, -0.2) is 0 Å². The van der Waals surface area contributed by atoms with Crippen LogP contribution in [0.25, 0.3) is 0 Å². The summed E-state index contributed by atoms with van der Waals surface area (Å²) in [6.45, 7) is 14.4. The van der Waals surface area contributed by atoms with Gasteiger partial charge in [0.15, 0.2) is 0 Å². The van der Waals surface area contributed by atoms with Crippen molar-refractivity contribution in [3.05, 3.63) is 11.3 Å². The van der Waals surface area contributed by atoms with Crippen LogP contribution < -0.4 is 5.32 Å². The lowest BCUT2D eigenvalue weighted by Crippen LogP contribution is -2.19. The zero-order valence-electron chi connectivity index (χ0n) is 9.36. The van der Waals surface area contributed by atoms with E-state index in [-0.39, 0.29) is 0 Å². The number of rotatable bonds is 4. The Hall–Kier alpha value is -0.460. The minimum Gasteiger partial charge on any atom is -0.388 e. The Labute approximate surface area is 77.2 Å². The number of allylic oxidation sites excluding steroid dienone is 2. The van der Waals surface area contributed by atoms with Crippen molar-refractivity contribution in [3.8, 4) is 0 Å². The average Bonchev–Trinajstić information content (AvgIpc) is 1.98. The highest BCUT2D eigenvalue weighted by molar-refractivity contribution is 5.14. The maximum atomic E-state index is 3.44. The van der Waals surface area contributed by atoms with Crippen LogP contribution in [0.15, 0.2) is 11.3 Å². The molecule has 1 N–H and O–H groups in total. The van der Waals surface area contributed by atoms with E-state index in [0.717, 1.165) is 6.54 Å². The highest BCUT2D eigenvalue weighted by Crippen LogP contribution is 2.18. The molecule has 0 aliphatic carbocycles. The average molecular weight is 169 g/mol. The van der Waals surface area contributed by atoms with E-state index in [9.17, 15) is 0 Å². The number of hydrogen-bond acceptors (Lipinski definition) is 1. The Kier molecular flexibility index (Phi) is 5.03. The van der Waals surface area contributed by atoms with E-state index in [2.05, 4.69) is 46.9 Å². The minimum atomic E-state index is 0.618. The lowest BCUT2D eigenvalue weighted by atomic mass is 9.97. The predicted octanol–water partition coefficient (Wildman–Crippen LogP) is 3.18. The van der Waals surface area contributed by atoms with Crippen LogP contribution in [0.5, 0.6) is 0 Å². The summed E-state index contributed by atoms with van der Waals surface area (Å²) in [6, 6.07) is 0. The van der Waals surface area contributed by atoms with Crippen molar-refractivity contribution in [2.45, 2.75) is 41.5 Å². The first kappa shape index (κ1) is 11.5. The maximum Gasteiger partial charge on any atom is 0.0124 e. The Morgan fingerprint density at radius 2 is 1.58 bits per heavy atom. The Balaban J connectivity index is 4.55. The van der Waals surface area contributed by atoms with Gasteiger partial charge in [0, 0.05) is 12.2 Å². The van der Waals surface area contributed by atoms with Crippen LogP contribution in [0, 0.1) is 11.8 Å². The van der Waals surface area contributed by atoms with Gasteiger partial charge < -0.3 is 5.32 Å². The smallest absolute Gasteiger partial charge is 0.0124 e. The summed E-state index contributed by atoms with van der Waals surface area (Å²) in [5.74, 6) is 1.27. The van der Waals surface area contributed by atoms with Crippen molar-refractivity contribution in [3.63, 3.8) is 0 Å². The fourth-order valence-corrected chi connectivity index (χ4v) is 1.30. The largest absolute Gasteiger partial charge is 0.388 e. The first-order valence-electron chi connectivity index (χ1n) is 4.95. The highest BCUT2D eigenvalue weighted by Gasteiger charge is 2.08. The van der Waals surface area contributed by atoms with Crippen molar-refractivity contribution in [1.29, 1.82) is 0 Å². The summed E-state index contributed by atoms with van der Waals surface area (Å²) in [4.78, 5) is 0. The van der Waals surface area contributed by atoms with Gasteiger partial charge in [-0.15, -0.1) is 0 Å². The summed E-state index contributed by atoms with van der Waals surface area (Å²) < 4.78 is 0. The second-order valence-corrected chi connectivity index (χ2v) is 3.94. The van der Waals surface area contributed by atoms with Gasteiger partial charge in [0.25, 0.3) is 0 Å². The van der Waals surface area contributed by atoms with Gasteiger partial charge in [-0.05, 0) is 25.7 Å². The van der Waals surface area contributed by atoms with Crippen molar-refractivity contribution in [2.75, 3.05) is 6.54 Å². The van der Waals surface area contributed by atoms with Crippen molar-refractivity contribution < 1.29 is 0 Å². The molecule has 0 amide bonds. The molecule has 0 heterocycles. The summed E-state index contributed by atoms with van der Waals surface area (Å²) in [5.41, 5.74) is 2.92. The lowest BCUT2D eigenvalue weighted by molar-refractivity contribution is 0.621. The molecular formula is C11H23N. The van der Waals surface area contributed by atoms with E-state index in [0.29, 0.717) is 11.8 Å². The van der Waals surface area contributed by atoms with E-state index in [1.54, 1.807) is 0 Å². The maximum absolute atomic E-state index is 3.44. The Morgan fingerprint density at radius 3 is 1.83 bits per heavy atom. The van der Waals surface area contributed by atoms with E-state index in [4.69, 9.17) is 0 Å². The lowest BCUT2D eigenvalue weighted by Gasteiger charge is -2.19. The van der Waals surface area contributed by atoms with Gasteiger partial charge in [-0.1, -0.05) is 33.3 Å². The topological polar surface area (TPSA) is 12.0 Å². The van der Waals surface area contributed by atoms with Gasteiger partial charge in [0.05, 0.1) is 0 Å². The molecule has 1 nitrogen and oxygen atoms in total. The van der Waals surface area contributed by atoms with Crippen molar-refractivity contribution in [1.82, 2.24) is 5.32 Å². The van der Waals surface area contributed by atoms with Gasteiger partial charge in [0.1, 0.15) is 0 Å². The summed E-state index contributed by atoms with van der Waals surface area (Å²) in [6.07, 6.45) is 0.